The van der Waals surface area contributed by atoms with Gasteiger partial charge in [-0.3, -0.25) is 4.79 Å². The first kappa shape index (κ1) is 43.4. The third kappa shape index (κ3) is 32.8. The van der Waals surface area contributed by atoms with Crippen molar-refractivity contribution in [1.82, 2.24) is 5.32 Å². The summed E-state index contributed by atoms with van der Waals surface area (Å²) < 4.78 is 0. The van der Waals surface area contributed by atoms with Gasteiger partial charge in [0.2, 0.25) is 5.91 Å². The van der Waals surface area contributed by atoms with Crippen LogP contribution >= 0.6 is 0 Å². The molecule has 44 heavy (non-hydrogen) atoms. The second-order valence-electron chi connectivity index (χ2n) is 14.1. The first-order valence-corrected chi connectivity index (χ1v) is 20.2. The second kappa shape index (κ2) is 36.9. The molecular formula is C40H81NO3. The summed E-state index contributed by atoms with van der Waals surface area (Å²) >= 11 is 0. The van der Waals surface area contributed by atoms with E-state index < -0.39 is 12.1 Å². The summed E-state index contributed by atoms with van der Waals surface area (Å²) in [6.07, 6.45) is 43.1. The van der Waals surface area contributed by atoms with Crippen LogP contribution in [0.1, 0.15) is 232 Å². The highest BCUT2D eigenvalue weighted by molar-refractivity contribution is 5.76. The molecule has 0 aromatic carbocycles. The number of carbonyl (C=O) groups is 1. The number of hydrogen-bond donors (Lipinski definition) is 3. The van der Waals surface area contributed by atoms with Crippen molar-refractivity contribution in [1.29, 1.82) is 0 Å². The fourth-order valence-electron chi connectivity index (χ4n) is 6.48. The molecule has 0 spiro atoms. The van der Waals surface area contributed by atoms with Gasteiger partial charge in [0.1, 0.15) is 0 Å². The Kier molecular flexibility index (Phi) is 36.3. The standard InChI is InChI=1S/C40H81NO3/c1-3-5-7-9-11-13-15-17-18-19-20-21-22-23-24-26-28-30-32-34-36-40(44)41-38(37-42)39(43)35-33-31-29-27-25-16-14-12-10-8-6-4-2/h38-39,42-43H,3-37H2,1-2H3,(H,41,44)/t38-,39+/m0/s1. The molecule has 0 aromatic rings. The summed E-state index contributed by atoms with van der Waals surface area (Å²) in [6, 6.07) is -0.527. The van der Waals surface area contributed by atoms with Gasteiger partial charge in [0.05, 0.1) is 18.8 Å². The number of amides is 1. The van der Waals surface area contributed by atoms with Gasteiger partial charge in [0.25, 0.3) is 0 Å². The van der Waals surface area contributed by atoms with Crippen molar-refractivity contribution in [3.63, 3.8) is 0 Å². The minimum absolute atomic E-state index is 0.0276. The molecule has 2 atom stereocenters. The van der Waals surface area contributed by atoms with Gasteiger partial charge in [-0.1, -0.05) is 213 Å². The zero-order valence-electron chi connectivity index (χ0n) is 30.2. The summed E-state index contributed by atoms with van der Waals surface area (Å²) in [7, 11) is 0. The topological polar surface area (TPSA) is 69.6 Å². The summed E-state index contributed by atoms with van der Waals surface area (Å²) in [5, 5.41) is 23.1. The average Bonchev–Trinajstić information content (AvgIpc) is 3.03. The molecule has 4 nitrogen and oxygen atoms in total. The lowest BCUT2D eigenvalue weighted by Gasteiger charge is -2.22. The van der Waals surface area contributed by atoms with Crippen molar-refractivity contribution >= 4 is 5.91 Å². The molecule has 0 aliphatic carbocycles. The molecule has 0 saturated heterocycles. The fourth-order valence-corrected chi connectivity index (χ4v) is 6.48. The Morgan fingerprint density at radius 2 is 0.727 bits per heavy atom. The Balaban J connectivity index is 3.46. The number of aliphatic hydroxyl groups excluding tert-OH is 2. The van der Waals surface area contributed by atoms with E-state index in [9.17, 15) is 15.0 Å². The molecular weight excluding hydrogens is 542 g/mol. The molecule has 1 amide bonds. The highest BCUT2D eigenvalue weighted by Gasteiger charge is 2.19. The maximum Gasteiger partial charge on any atom is 0.220 e. The van der Waals surface area contributed by atoms with E-state index in [1.165, 1.54) is 180 Å². The molecule has 0 unspecified atom stereocenters. The highest BCUT2D eigenvalue weighted by atomic mass is 16.3. The van der Waals surface area contributed by atoms with Crippen molar-refractivity contribution in [3.05, 3.63) is 0 Å². The number of hydrogen-bond acceptors (Lipinski definition) is 3. The number of aliphatic hydroxyl groups is 2. The zero-order chi connectivity index (χ0) is 32.2. The maximum absolute atomic E-state index is 12.4. The van der Waals surface area contributed by atoms with Crippen LogP contribution in [-0.2, 0) is 4.79 Å². The first-order valence-electron chi connectivity index (χ1n) is 20.2. The molecule has 0 heterocycles. The van der Waals surface area contributed by atoms with Crippen LogP contribution in [0.2, 0.25) is 0 Å². The molecule has 0 fully saturated rings. The van der Waals surface area contributed by atoms with Crippen molar-refractivity contribution < 1.29 is 15.0 Å². The SMILES string of the molecule is CCCCCCCCCCCCCCCCCCCCCCC(=O)N[C@@H](CO)[C@H](O)CCCCCCCCCCCCCC. The largest absolute Gasteiger partial charge is 0.394 e. The molecule has 0 rings (SSSR count). The number of carbonyl (C=O) groups excluding carboxylic acids is 1. The molecule has 3 N–H and O–H groups in total. The zero-order valence-corrected chi connectivity index (χ0v) is 30.2. The molecule has 0 aromatic heterocycles. The van der Waals surface area contributed by atoms with E-state index in [-0.39, 0.29) is 12.5 Å². The Labute approximate surface area is 276 Å². The van der Waals surface area contributed by atoms with Crippen LogP contribution in [-0.4, -0.2) is 34.9 Å². The summed E-state index contributed by atoms with van der Waals surface area (Å²) in [5.74, 6) is -0.0276. The highest BCUT2D eigenvalue weighted by Crippen LogP contribution is 2.16. The molecule has 0 radical (unpaired) electrons. The minimum Gasteiger partial charge on any atom is -0.394 e. The third-order valence-electron chi connectivity index (χ3n) is 9.62. The minimum atomic E-state index is -0.651. The lowest BCUT2D eigenvalue weighted by Crippen LogP contribution is -2.45. The van der Waals surface area contributed by atoms with Crippen molar-refractivity contribution in [2.75, 3.05) is 6.61 Å². The van der Waals surface area contributed by atoms with Crippen LogP contribution < -0.4 is 5.32 Å². The lowest BCUT2D eigenvalue weighted by molar-refractivity contribution is -0.123. The predicted molar refractivity (Wildman–Crippen MR) is 193 cm³/mol. The first-order chi connectivity index (χ1) is 21.7. The number of unbranched alkanes of at least 4 members (excludes halogenated alkanes) is 30. The van der Waals surface area contributed by atoms with E-state index in [0.29, 0.717) is 12.8 Å². The van der Waals surface area contributed by atoms with Gasteiger partial charge in [0.15, 0.2) is 0 Å². The van der Waals surface area contributed by atoms with Gasteiger partial charge in [-0.15, -0.1) is 0 Å². The van der Waals surface area contributed by atoms with Crippen molar-refractivity contribution in [3.8, 4) is 0 Å². The van der Waals surface area contributed by atoms with Crippen LogP contribution in [0.5, 0.6) is 0 Å². The predicted octanol–water partition coefficient (Wildman–Crippen LogP) is 12.1. The molecule has 0 bridgehead atoms. The Morgan fingerprint density at radius 1 is 0.455 bits per heavy atom. The van der Waals surface area contributed by atoms with E-state index >= 15 is 0 Å². The molecule has 4 heteroatoms. The number of nitrogens with one attached hydrogen (secondary N) is 1. The van der Waals surface area contributed by atoms with Gasteiger partial charge in [-0.05, 0) is 12.8 Å². The monoisotopic (exact) mass is 624 g/mol. The van der Waals surface area contributed by atoms with Crippen LogP contribution in [0.4, 0.5) is 0 Å². The fraction of sp³-hybridized carbons (Fsp3) is 0.975. The van der Waals surface area contributed by atoms with Crippen LogP contribution in [0.15, 0.2) is 0 Å². The Hall–Kier alpha value is -0.610. The van der Waals surface area contributed by atoms with Crippen molar-refractivity contribution in [2.45, 2.75) is 244 Å². The average molecular weight is 624 g/mol. The van der Waals surface area contributed by atoms with Crippen molar-refractivity contribution in [2.24, 2.45) is 0 Å². The second-order valence-corrected chi connectivity index (χ2v) is 14.1. The van der Waals surface area contributed by atoms with E-state index in [0.717, 1.165) is 25.7 Å². The molecule has 0 aliphatic rings. The van der Waals surface area contributed by atoms with Gasteiger partial charge >= 0.3 is 0 Å². The Morgan fingerprint density at radius 3 is 1.02 bits per heavy atom. The molecule has 0 aliphatic heterocycles. The molecule has 0 saturated carbocycles. The number of rotatable bonds is 37. The maximum atomic E-state index is 12.4. The summed E-state index contributed by atoms with van der Waals surface area (Å²) in [4.78, 5) is 12.4. The van der Waals surface area contributed by atoms with Crippen LogP contribution in [0, 0.1) is 0 Å². The third-order valence-corrected chi connectivity index (χ3v) is 9.62. The van der Waals surface area contributed by atoms with E-state index in [1.807, 2.05) is 0 Å². The van der Waals surface area contributed by atoms with Crippen LogP contribution in [0.25, 0.3) is 0 Å². The van der Waals surface area contributed by atoms with E-state index in [2.05, 4.69) is 19.2 Å². The quantitative estimate of drug-likeness (QED) is 0.0603. The van der Waals surface area contributed by atoms with E-state index in [1.54, 1.807) is 0 Å². The van der Waals surface area contributed by atoms with Gasteiger partial charge in [-0.2, -0.15) is 0 Å². The summed E-state index contributed by atoms with van der Waals surface area (Å²) in [6.45, 7) is 4.37. The lowest BCUT2D eigenvalue weighted by atomic mass is 10.0. The van der Waals surface area contributed by atoms with Gasteiger partial charge < -0.3 is 15.5 Å². The normalized spacial score (nSPS) is 12.9. The Bertz CT molecular complexity index is 555. The van der Waals surface area contributed by atoms with E-state index in [4.69, 9.17) is 0 Å². The molecule has 264 valence electrons. The van der Waals surface area contributed by atoms with Gasteiger partial charge in [-0.25, -0.2) is 0 Å². The van der Waals surface area contributed by atoms with Gasteiger partial charge in [0, 0.05) is 6.42 Å². The summed E-state index contributed by atoms with van der Waals surface area (Å²) in [5.41, 5.74) is 0. The smallest absolute Gasteiger partial charge is 0.220 e. The van der Waals surface area contributed by atoms with Crippen LogP contribution in [0.3, 0.4) is 0 Å².